The lowest BCUT2D eigenvalue weighted by atomic mass is 9.77. The molecule has 2 heterocycles. The molecule has 5 nitrogen and oxygen atoms in total. The molecule has 1 aromatic rings. The minimum Gasteiger partial charge on any atom is -0.444 e. The van der Waals surface area contributed by atoms with Crippen LogP contribution in [0.15, 0.2) is 6.20 Å². The normalized spacial score (nSPS) is 23.0. The number of aromatic nitrogens is 2. The number of aryl methyl sites for hydroxylation is 1. The Hall–Kier alpha value is -1.73. The van der Waals surface area contributed by atoms with E-state index in [0.29, 0.717) is 25.9 Å². The van der Waals surface area contributed by atoms with E-state index in [0.717, 1.165) is 11.1 Å². The Balaban J connectivity index is 1.66. The number of hydrogen-bond donors (Lipinski definition) is 0. The SMILES string of the molecule is Cn1ncc(C2CCC3(C2)CN(C(=O)OC(C)(C)C)C3)c1C(F)(F)F. The Bertz CT molecular complexity index is 670. The lowest BCUT2D eigenvalue weighted by Gasteiger charge is -2.48. The number of ether oxygens (including phenoxy) is 1. The monoisotopic (exact) mass is 359 g/mol. The van der Waals surface area contributed by atoms with Gasteiger partial charge in [0, 0.05) is 31.1 Å². The quantitative estimate of drug-likeness (QED) is 0.763. The molecule has 1 unspecified atom stereocenters. The Kier molecular flexibility index (Phi) is 4.08. The molecule has 25 heavy (non-hydrogen) atoms. The van der Waals surface area contributed by atoms with Gasteiger partial charge in [-0.1, -0.05) is 0 Å². The molecule has 1 spiro atoms. The maximum atomic E-state index is 13.3. The number of rotatable bonds is 1. The molecular weight excluding hydrogens is 335 g/mol. The van der Waals surface area contributed by atoms with Crippen molar-refractivity contribution in [3.8, 4) is 0 Å². The van der Waals surface area contributed by atoms with Crippen molar-refractivity contribution in [3.63, 3.8) is 0 Å². The predicted octanol–water partition coefficient (Wildman–Crippen LogP) is 3.94. The van der Waals surface area contributed by atoms with Crippen molar-refractivity contribution >= 4 is 6.09 Å². The second-order valence-electron chi connectivity index (χ2n) is 8.35. The smallest absolute Gasteiger partial charge is 0.433 e. The summed E-state index contributed by atoms with van der Waals surface area (Å²) in [5, 5.41) is 3.81. The van der Waals surface area contributed by atoms with E-state index in [9.17, 15) is 18.0 Å². The van der Waals surface area contributed by atoms with Gasteiger partial charge in [0.1, 0.15) is 11.3 Å². The molecule has 0 aromatic carbocycles. The van der Waals surface area contributed by atoms with Gasteiger partial charge < -0.3 is 9.64 Å². The van der Waals surface area contributed by atoms with Crippen LogP contribution >= 0.6 is 0 Å². The minimum absolute atomic E-state index is 0.0831. The first-order valence-corrected chi connectivity index (χ1v) is 8.47. The van der Waals surface area contributed by atoms with Gasteiger partial charge in [0.25, 0.3) is 0 Å². The van der Waals surface area contributed by atoms with Crippen LogP contribution in [0.4, 0.5) is 18.0 Å². The van der Waals surface area contributed by atoms with Crippen LogP contribution in [0, 0.1) is 5.41 Å². The van der Waals surface area contributed by atoms with Gasteiger partial charge in [0.05, 0.1) is 6.20 Å². The first-order valence-electron chi connectivity index (χ1n) is 8.47. The maximum Gasteiger partial charge on any atom is 0.433 e. The third kappa shape index (κ3) is 3.48. The van der Waals surface area contributed by atoms with Crippen LogP contribution in [-0.2, 0) is 18.0 Å². The second kappa shape index (κ2) is 5.64. The molecule has 140 valence electrons. The van der Waals surface area contributed by atoms with Crippen LogP contribution in [0.3, 0.4) is 0 Å². The number of likely N-dealkylation sites (tertiary alicyclic amines) is 1. The molecule has 0 N–H and O–H groups in total. The van der Waals surface area contributed by atoms with Crippen molar-refractivity contribution in [2.24, 2.45) is 12.5 Å². The zero-order valence-corrected chi connectivity index (χ0v) is 15.0. The largest absolute Gasteiger partial charge is 0.444 e. The standard InChI is InChI=1S/C17H24F3N3O2/c1-15(2,3)25-14(24)23-9-16(10-23)6-5-11(7-16)12-8-21-22(4)13(12)17(18,19)20/h8,11H,5-7,9-10H2,1-4H3. The molecule has 2 fully saturated rings. The van der Waals surface area contributed by atoms with Gasteiger partial charge in [0.2, 0.25) is 0 Å². The predicted molar refractivity (Wildman–Crippen MR) is 85.0 cm³/mol. The number of nitrogens with zero attached hydrogens (tertiary/aromatic N) is 3. The van der Waals surface area contributed by atoms with Crippen molar-refractivity contribution in [2.75, 3.05) is 13.1 Å². The van der Waals surface area contributed by atoms with Gasteiger partial charge in [-0.05, 0) is 46.0 Å². The number of carbonyl (C=O) groups is 1. The molecule has 8 heteroatoms. The molecule has 1 amide bonds. The Labute approximate surface area is 145 Å². The van der Waals surface area contributed by atoms with E-state index in [1.54, 1.807) is 4.90 Å². The number of hydrogen-bond acceptors (Lipinski definition) is 3. The van der Waals surface area contributed by atoms with Gasteiger partial charge in [0.15, 0.2) is 0 Å². The zero-order chi connectivity index (χ0) is 18.6. The van der Waals surface area contributed by atoms with Crippen molar-refractivity contribution in [1.29, 1.82) is 0 Å². The summed E-state index contributed by atoms with van der Waals surface area (Å²) in [6, 6.07) is 0. The molecule has 1 atom stereocenters. The Morgan fingerprint density at radius 2 is 1.96 bits per heavy atom. The average Bonchev–Trinajstić information content (AvgIpc) is 2.97. The summed E-state index contributed by atoms with van der Waals surface area (Å²) in [6.07, 6.45) is -1.24. The summed E-state index contributed by atoms with van der Waals surface area (Å²) >= 11 is 0. The highest BCUT2D eigenvalue weighted by Crippen LogP contribution is 2.53. The molecule has 3 rings (SSSR count). The van der Waals surface area contributed by atoms with Crippen LogP contribution in [0.2, 0.25) is 0 Å². The average molecular weight is 359 g/mol. The summed E-state index contributed by atoms with van der Waals surface area (Å²) in [5.41, 5.74) is -1.00. The summed E-state index contributed by atoms with van der Waals surface area (Å²) in [5.74, 6) is -0.161. The topological polar surface area (TPSA) is 47.4 Å². The molecule has 1 aliphatic carbocycles. The third-order valence-corrected chi connectivity index (χ3v) is 5.08. The van der Waals surface area contributed by atoms with Crippen LogP contribution in [-0.4, -0.2) is 39.5 Å². The van der Waals surface area contributed by atoms with E-state index in [4.69, 9.17) is 4.74 Å². The summed E-state index contributed by atoms with van der Waals surface area (Å²) in [7, 11) is 1.32. The van der Waals surface area contributed by atoms with Crippen LogP contribution in [0.25, 0.3) is 0 Å². The van der Waals surface area contributed by atoms with Gasteiger partial charge >= 0.3 is 12.3 Å². The summed E-state index contributed by atoms with van der Waals surface area (Å²) in [4.78, 5) is 13.7. The van der Waals surface area contributed by atoms with Crippen LogP contribution in [0.5, 0.6) is 0 Å². The number of amides is 1. The van der Waals surface area contributed by atoms with Gasteiger partial charge in [-0.2, -0.15) is 18.3 Å². The lowest BCUT2D eigenvalue weighted by Crippen LogP contribution is -2.58. The maximum absolute atomic E-state index is 13.3. The van der Waals surface area contributed by atoms with Crippen molar-refractivity contribution in [2.45, 2.75) is 57.7 Å². The summed E-state index contributed by atoms with van der Waals surface area (Å²) < 4.78 is 46.1. The van der Waals surface area contributed by atoms with Crippen molar-refractivity contribution in [1.82, 2.24) is 14.7 Å². The Morgan fingerprint density at radius 3 is 2.52 bits per heavy atom. The van der Waals surface area contributed by atoms with Gasteiger partial charge in [-0.15, -0.1) is 0 Å². The summed E-state index contributed by atoms with van der Waals surface area (Å²) in [6.45, 7) is 6.55. The first kappa shape index (κ1) is 18.1. The highest BCUT2D eigenvalue weighted by atomic mass is 19.4. The second-order valence-corrected chi connectivity index (χ2v) is 8.35. The Morgan fingerprint density at radius 1 is 1.32 bits per heavy atom. The molecule has 0 radical (unpaired) electrons. The fourth-order valence-corrected chi connectivity index (χ4v) is 4.08. The number of alkyl halides is 3. The van der Waals surface area contributed by atoms with Gasteiger partial charge in [-0.25, -0.2) is 4.79 Å². The number of halogens is 3. The lowest BCUT2D eigenvalue weighted by molar-refractivity contribution is -0.144. The number of carbonyl (C=O) groups excluding carboxylic acids is 1. The van der Waals surface area contributed by atoms with E-state index < -0.39 is 17.5 Å². The third-order valence-electron chi connectivity index (χ3n) is 5.08. The van der Waals surface area contributed by atoms with Crippen LogP contribution < -0.4 is 0 Å². The molecule has 1 saturated carbocycles. The van der Waals surface area contributed by atoms with E-state index in [-0.39, 0.29) is 23.0 Å². The molecule has 1 aromatic heterocycles. The van der Waals surface area contributed by atoms with E-state index in [1.165, 1.54) is 13.2 Å². The van der Waals surface area contributed by atoms with Gasteiger partial charge in [-0.3, -0.25) is 4.68 Å². The minimum atomic E-state index is -4.40. The van der Waals surface area contributed by atoms with E-state index >= 15 is 0 Å². The first-order chi connectivity index (χ1) is 11.4. The van der Waals surface area contributed by atoms with E-state index in [2.05, 4.69) is 5.10 Å². The van der Waals surface area contributed by atoms with Crippen LogP contribution in [0.1, 0.15) is 57.2 Å². The van der Waals surface area contributed by atoms with E-state index in [1.807, 2.05) is 20.8 Å². The van der Waals surface area contributed by atoms with Crippen molar-refractivity contribution in [3.05, 3.63) is 17.5 Å². The molecule has 2 aliphatic rings. The zero-order valence-electron chi connectivity index (χ0n) is 15.0. The molecule has 1 aliphatic heterocycles. The fraction of sp³-hybridized carbons (Fsp3) is 0.765. The molecule has 0 bridgehead atoms. The highest BCUT2D eigenvalue weighted by Gasteiger charge is 2.52. The van der Waals surface area contributed by atoms with Crippen molar-refractivity contribution < 1.29 is 22.7 Å². The molecular formula is C17H24F3N3O2. The highest BCUT2D eigenvalue weighted by molar-refractivity contribution is 5.69. The molecule has 1 saturated heterocycles. The fourth-order valence-electron chi connectivity index (χ4n) is 4.08.